The van der Waals surface area contributed by atoms with Crippen LogP contribution < -0.4 is 10.3 Å². The predicted molar refractivity (Wildman–Crippen MR) is 90.0 cm³/mol. The van der Waals surface area contributed by atoms with Gasteiger partial charge in [-0.3, -0.25) is 9.59 Å². The lowest BCUT2D eigenvalue weighted by molar-refractivity contribution is -0.113. The van der Waals surface area contributed by atoms with Crippen LogP contribution in [0.5, 0.6) is 0 Å². The summed E-state index contributed by atoms with van der Waals surface area (Å²) in [7, 11) is 0. The highest BCUT2D eigenvalue weighted by Crippen LogP contribution is 2.32. The molecule has 0 unspecified atom stereocenters. The molecule has 23 heavy (non-hydrogen) atoms. The maximum atomic E-state index is 12.8. The van der Waals surface area contributed by atoms with Crippen molar-refractivity contribution in [2.24, 2.45) is 0 Å². The van der Waals surface area contributed by atoms with E-state index in [1.54, 1.807) is 29.2 Å². The zero-order chi connectivity index (χ0) is 15.8. The lowest BCUT2D eigenvalue weighted by Crippen LogP contribution is -2.24. The average molecular weight is 303 g/mol. The summed E-state index contributed by atoms with van der Waals surface area (Å²) in [5, 5.41) is 0.512. The van der Waals surface area contributed by atoms with E-state index in [0.29, 0.717) is 22.4 Å². The van der Waals surface area contributed by atoms with Crippen molar-refractivity contribution < 1.29 is 9.21 Å². The Hall–Kier alpha value is -3.14. The second kappa shape index (κ2) is 5.25. The number of para-hydroxylation sites is 2. The summed E-state index contributed by atoms with van der Waals surface area (Å²) in [6.07, 6.45) is 2.99. The third kappa shape index (κ3) is 2.25. The highest BCUT2D eigenvalue weighted by molar-refractivity contribution is 6.01. The van der Waals surface area contributed by atoms with Gasteiger partial charge < -0.3 is 9.32 Å². The molecule has 0 spiro atoms. The molecular weight excluding hydrogens is 290 g/mol. The molecule has 0 N–H and O–H groups in total. The summed E-state index contributed by atoms with van der Waals surface area (Å²) in [4.78, 5) is 26.6. The fraction of sp³-hybridized carbons (Fsp3) is 0.0526. The van der Waals surface area contributed by atoms with Gasteiger partial charge in [0.05, 0.1) is 17.5 Å². The number of hydrogen-bond donors (Lipinski definition) is 0. The Bertz CT molecular complexity index is 986. The minimum absolute atomic E-state index is 0.0799. The van der Waals surface area contributed by atoms with Crippen LogP contribution in [-0.2, 0) is 4.79 Å². The van der Waals surface area contributed by atoms with Crippen LogP contribution in [0.3, 0.4) is 0 Å². The van der Waals surface area contributed by atoms with E-state index in [2.05, 4.69) is 0 Å². The van der Waals surface area contributed by atoms with Gasteiger partial charge in [-0.1, -0.05) is 30.3 Å². The van der Waals surface area contributed by atoms with Crippen LogP contribution in [0.15, 0.2) is 69.9 Å². The molecule has 4 rings (SSSR count). The Morgan fingerprint density at radius 1 is 0.870 bits per heavy atom. The van der Waals surface area contributed by atoms with Crippen LogP contribution in [0.4, 0.5) is 11.6 Å². The smallest absolute Gasteiger partial charge is 0.212 e. The Morgan fingerprint density at radius 3 is 2.43 bits per heavy atom. The molecule has 0 atom stereocenters. The third-order valence-electron chi connectivity index (χ3n) is 3.88. The van der Waals surface area contributed by atoms with Crippen molar-refractivity contribution in [2.75, 3.05) is 11.4 Å². The summed E-state index contributed by atoms with van der Waals surface area (Å²) >= 11 is 0. The summed E-state index contributed by atoms with van der Waals surface area (Å²) in [6.45, 7) is 0.134. The van der Waals surface area contributed by atoms with Crippen LogP contribution in [0.25, 0.3) is 17.0 Å². The summed E-state index contributed by atoms with van der Waals surface area (Å²) in [5.74, 6) is 0.325. The molecule has 0 fully saturated rings. The van der Waals surface area contributed by atoms with Crippen molar-refractivity contribution in [1.29, 1.82) is 0 Å². The van der Waals surface area contributed by atoms with Gasteiger partial charge in [-0.15, -0.1) is 0 Å². The van der Waals surface area contributed by atoms with Crippen LogP contribution in [-0.4, -0.2) is 12.3 Å². The molecule has 112 valence electrons. The molecule has 4 nitrogen and oxygen atoms in total. The zero-order valence-corrected chi connectivity index (χ0v) is 12.2. The number of fused-ring (bicyclic) bond motifs is 2. The van der Waals surface area contributed by atoms with Crippen LogP contribution >= 0.6 is 0 Å². The number of rotatable bonds is 1. The van der Waals surface area contributed by atoms with Gasteiger partial charge in [-0.05, 0) is 36.4 Å². The molecule has 2 heterocycles. The fourth-order valence-corrected chi connectivity index (χ4v) is 2.77. The molecule has 2 aromatic carbocycles. The van der Waals surface area contributed by atoms with Crippen molar-refractivity contribution in [2.45, 2.75) is 0 Å². The van der Waals surface area contributed by atoms with E-state index in [-0.39, 0.29) is 17.8 Å². The van der Waals surface area contributed by atoms with Gasteiger partial charge in [-0.25, -0.2) is 0 Å². The first-order valence-electron chi connectivity index (χ1n) is 7.33. The van der Waals surface area contributed by atoms with Crippen LogP contribution in [0.2, 0.25) is 0 Å². The molecule has 4 heteroatoms. The van der Waals surface area contributed by atoms with Crippen molar-refractivity contribution >= 4 is 34.4 Å². The normalized spacial score (nSPS) is 13.9. The van der Waals surface area contributed by atoms with Gasteiger partial charge in [0, 0.05) is 5.69 Å². The van der Waals surface area contributed by atoms with Gasteiger partial charge in [0.25, 0.3) is 0 Å². The van der Waals surface area contributed by atoms with Crippen molar-refractivity contribution in [3.63, 3.8) is 0 Å². The molecule has 1 aromatic heterocycles. The van der Waals surface area contributed by atoms with Crippen molar-refractivity contribution in [3.8, 4) is 0 Å². The monoisotopic (exact) mass is 303 g/mol. The molecule has 0 saturated carbocycles. The summed E-state index contributed by atoms with van der Waals surface area (Å²) < 4.78 is 5.98. The largest absolute Gasteiger partial charge is 0.439 e. The Balaban J connectivity index is 2.04. The maximum Gasteiger partial charge on any atom is 0.212 e. The van der Waals surface area contributed by atoms with E-state index >= 15 is 0 Å². The fourth-order valence-electron chi connectivity index (χ4n) is 2.77. The number of benzene rings is 2. The van der Waals surface area contributed by atoms with E-state index in [9.17, 15) is 9.59 Å². The number of carbonyl (C=O) groups excluding carboxylic acids is 1. The number of carbonyl (C=O) groups is 1. The predicted octanol–water partition coefficient (Wildman–Crippen LogP) is 3.53. The van der Waals surface area contributed by atoms with Crippen LogP contribution in [0, 0.1) is 0 Å². The highest BCUT2D eigenvalue weighted by atomic mass is 16.4. The summed E-state index contributed by atoms with van der Waals surface area (Å²) in [5.41, 5.74) is 1.59. The quantitative estimate of drug-likeness (QED) is 0.690. The van der Waals surface area contributed by atoms with Gasteiger partial charge in [0.1, 0.15) is 5.58 Å². The van der Waals surface area contributed by atoms with E-state index in [4.69, 9.17) is 4.42 Å². The average Bonchev–Trinajstić information content (AvgIpc) is 2.75. The highest BCUT2D eigenvalue weighted by Gasteiger charge is 2.23. The number of ketones is 1. The number of nitrogens with zero attached hydrogens (tertiary/aromatic N) is 1. The molecule has 1 aliphatic rings. The molecule has 0 amide bonds. The third-order valence-corrected chi connectivity index (χ3v) is 3.88. The van der Waals surface area contributed by atoms with Crippen molar-refractivity contribution in [1.82, 2.24) is 0 Å². The first-order valence-corrected chi connectivity index (χ1v) is 7.33. The van der Waals surface area contributed by atoms with Gasteiger partial charge in [0.15, 0.2) is 5.78 Å². The van der Waals surface area contributed by atoms with Crippen LogP contribution in [0.1, 0.15) is 5.56 Å². The zero-order valence-electron chi connectivity index (χ0n) is 12.2. The minimum atomic E-state index is -0.131. The molecule has 1 aliphatic heterocycles. The minimum Gasteiger partial charge on any atom is -0.439 e. The molecule has 0 saturated heterocycles. The van der Waals surface area contributed by atoms with Gasteiger partial charge >= 0.3 is 0 Å². The lowest BCUT2D eigenvalue weighted by Gasteiger charge is -2.22. The lowest BCUT2D eigenvalue weighted by atomic mass is 10.1. The Kier molecular flexibility index (Phi) is 3.08. The van der Waals surface area contributed by atoms with Gasteiger partial charge in [-0.2, -0.15) is 0 Å². The first-order chi connectivity index (χ1) is 11.2. The Labute approximate surface area is 132 Å². The molecular formula is C19H13NO3. The second-order valence-corrected chi connectivity index (χ2v) is 5.37. The second-order valence-electron chi connectivity index (χ2n) is 5.37. The molecule has 0 radical (unpaired) electrons. The standard InChI is InChI=1S/C19H13NO3/c21-14-10-11-16-18(22)15-8-4-5-9-17(15)23-19(16)20(12-14)13-6-2-1-3-7-13/h1-11H,12H2. The van der Waals surface area contributed by atoms with E-state index < -0.39 is 0 Å². The molecule has 3 aromatic rings. The molecule has 0 aliphatic carbocycles. The van der Waals surface area contributed by atoms with E-state index in [0.717, 1.165) is 5.69 Å². The van der Waals surface area contributed by atoms with Gasteiger partial charge in [0.2, 0.25) is 11.3 Å². The Morgan fingerprint density at radius 2 is 1.61 bits per heavy atom. The van der Waals surface area contributed by atoms with E-state index in [1.807, 2.05) is 36.4 Å². The van der Waals surface area contributed by atoms with E-state index in [1.165, 1.54) is 6.08 Å². The maximum absolute atomic E-state index is 12.8. The molecule has 0 bridgehead atoms. The topological polar surface area (TPSA) is 50.5 Å². The first kappa shape index (κ1) is 13.5. The number of anilines is 2. The summed E-state index contributed by atoms with van der Waals surface area (Å²) in [6, 6.07) is 16.6. The van der Waals surface area contributed by atoms with Crippen molar-refractivity contribution in [3.05, 3.63) is 76.5 Å². The SMILES string of the molecule is O=C1C=Cc2c(oc3ccccc3c2=O)N(c2ccccc2)C1. The number of hydrogen-bond acceptors (Lipinski definition) is 4.